The molecular formula is C17H17BrN2O3S. The molecule has 2 N–H and O–H groups in total. The van der Waals surface area contributed by atoms with Crippen molar-refractivity contribution in [2.45, 2.75) is 37.6 Å². The van der Waals surface area contributed by atoms with Gasteiger partial charge in [-0.15, -0.1) is 11.3 Å². The van der Waals surface area contributed by atoms with E-state index < -0.39 is 11.5 Å². The highest BCUT2D eigenvalue weighted by Crippen LogP contribution is 2.30. The van der Waals surface area contributed by atoms with Crippen molar-refractivity contribution in [2.24, 2.45) is 0 Å². The number of carboxylic acids is 1. The number of rotatable bonds is 5. The number of hydrogen-bond donors (Lipinski definition) is 2. The average Bonchev–Trinajstić information content (AvgIpc) is 3.17. The van der Waals surface area contributed by atoms with Gasteiger partial charge in [0, 0.05) is 15.4 Å². The van der Waals surface area contributed by atoms with Gasteiger partial charge in [0.05, 0.1) is 12.1 Å². The van der Waals surface area contributed by atoms with Crippen LogP contribution < -0.4 is 5.32 Å². The van der Waals surface area contributed by atoms with E-state index >= 15 is 0 Å². The Hall–Kier alpha value is -1.73. The first-order valence-corrected chi connectivity index (χ1v) is 9.40. The fourth-order valence-corrected chi connectivity index (χ4v) is 4.20. The number of carbonyl (C=O) groups excluding carboxylic acids is 1. The number of carboxylic acid groups (broad SMARTS) is 1. The first-order chi connectivity index (χ1) is 11.5. The number of halogens is 1. The van der Waals surface area contributed by atoms with Gasteiger partial charge in [-0.1, -0.05) is 40.9 Å². The van der Waals surface area contributed by atoms with E-state index in [0.717, 1.165) is 27.9 Å². The molecule has 0 bridgehead atoms. The topological polar surface area (TPSA) is 79.3 Å². The fourth-order valence-electron chi connectivity index (χ4n) is 2.99. The number of nitrogens with zero attached hydrogens (tertiary/aromatic N) is 1. The van der Waals surface area contributed by atoms with Gasteiger partial charge in [0.1, 0.15) is 10.5 Å². The lowest BCUT2D eigenvalue weighted by molar-refractivity contribution is -0.147. The van der Waals surface area contributed by atoms with Crippen molar-refractivity contribution in [2.75, 3.05) is 0 Å². The zero-order chi connectivity index (χ0) is 17.2. The summed E-state index contributed by atoms with van der Waals surface area (Å²) in [5, 5.41) is 14.8. The minimum Gasteiger partial charge on any atom is -0.480 e. The second-order valence-electron chi connectivity index (χ2n) is 5.97. The molecule has 1 amide bonds. The molecule has 2 aromatic rings. The molecule has 0 unspecified atom stereocenters. The van der Waals surface area contributed by atoms with Crippen molar-refractivity contribution in [1.29, 1.82) is 0 Å². The van der Waals surface area contributed by atoms with Crippen molar-refractivity contribution in [3.8, 4) is 10.6 Å². The SMILES string of the molecule is O=C(Cc1csc(-c2cccc(Br)c2)n1)NC1(C(=O)O)CCCC1. The van der Waals surface area contributed by atoms with Gasteiger partial charge < -0.3 is 10.4 Å². The van der Waals surface area contributed by atoms with Crippen molar-refractivity contribution >= 4 is 39.1 Å². The van der Waals surface area contributed by atoms with Crippen LogP contribution in [0.2, 0.25) is 0 Å². The van der Waals surface area contributed by atoms with Crippen LogP contribution in [0.4, 0.5) is 0 Å². The van der Waals surface area contributed by atoms with Crippen molar-refractivity contribution in [3.63, 3.8) is 0 Å². The Kier molecular flexibility index (Phi) is 5.01. The third-order valence-corrected chi connectivity index (χ3v) is 5.64. The van der Waals surface area contributed by atoms with Crippen LogP contribution in [0.1, 0.15) is 31.4 Å². The van der Waals surface area contributed by atoms with Crippen LogP contribution in [-0.2, 0) is 16.0 Å². The summed E-state index contributed by atoms with van der Waals surface area (Å²) in [6.45, 7) is 0. The van der Waals surface area contributed by atoms with Gasteiger partial charge in [-0.2, -0.15) is 0 Å². The van der Waals surface area contributed by atoms with E-state index in [1.165, 1.54) is 11.3 Å². The zero-order valence-electron chi connectivity index (χ0n) is 12.9. The van der Waals surface area contributed by atoms with Gasteiger partial charge >= 0.3 is 5.97 Å². The van der Waals surface area contributed by atoms with Crippen LogP contribution in [-0.4, -0.2) is 27.5 Å². The van der Waals surface area contributed by atoms with Gasteiger partial charge in [-0.3, -0.25) is 4.79 Å². The lowest BCUT2D eigenvalue weighted by atomic mass is 9.97. The summed E-state index contributed by atoms with van der Waals surface area (Å²) in [5.74, 6) is -1.23. The largest absolute Gasteiger partial charge is 0.480 e. The molecule has 1 aromatic carbocycles. The number of thiazole rings is 1. The molecule has 0 saturated heterocycles. The summed E-state index contributed by atoms with van der Waals surface area (Å²) in [7, 11) is 0. The Balaban J connectivity index is 1.68. The molecule has 1 fully saturated rings. The second-order valence-corrected chi connectivity index (χ2v) is 7.75. The molecule has 24 heavy (non-hydrogen) atoms. The van der Waals surface area contributed by atoms with E-state index in [0.29, 0.717) is 18.5 Å². The average molecular weight is 409 g/mol. The summed E-state index contributed by atoms with van der Waals surface area (Å²) in [6, 6.07) is 7.81. The quantitative estimate of drug-likeness (QED) is 0.791. The van der Waals surface area contributed by atoms with Gasteiger partial charge in [-0.25, -0.2) is 9.78 Å². The summed E-state index contributed by atoms with van der Waals surface area (Å²) in [4.78, 5) is 28.3. The third kappa shape index (κ3) is 3.67. The molecule has 0 spiro atoms. The van der Waals surface area contributed by atoms with E-state index in [1.807, 2.05) is 29.6 Å². The molecular weight excluding hydrogens is 392 g/mol. The number of aliphatic carboxylic acids is 1. The molecule has 0 aliphatic heterocycles. The Bertz CT molecular complexity index is 769. The highest BCUT2D eigenvalue weighted by molar-refractivity contribution is 9.10. The Morgan fingerprint density at radius 3 is 2.75 bits per heavy atom. The standard InChI is InChI=1S/C17H17BrN2O3S/c18-12-5-3-4-11(8-12)15-19-13(10-24-15)9-14(21)20-17(16(22)23)6-1-2-7-17/h3-5,8,10H,1-2,6-7,9H2,(H,20,21)(H,22,23). The first kappa shape index (κ1) is 17.1. The molecule has 1 aromatic heterocycles. The lowest BCUT2D eigenvalue weighted by Gasteiger charge is -2.25. The molecule has 1 aliphatic carbocycles. The molecule has 126 valence electrons. The molecule has 1 heterocycles. The molecule has 7 heteroatoms. The van der Waals surface area contributed by atoms with E-state index in [4.69, 9.17) is 0 Å². The van der Waals surface area contributed by atoms with Crippen LogP contribution in [0, 0.1) is 0 Å². The van der Waals surface area contributed by atoms with E-state index in [9.17, 15) is 14.7 Å². The number of hydrogen-bond acceptors (Lipinski definition) is 4. The summed E-state index contributed by atoms with van der Waals surface area (Å²) in [5.41, 5.74) is 0.546. The lowest BCUT2D eigenvalue weighted by Crippen LogP contribution is -2.52. The summed E-state index contributed by atoms with van der Waals surface area (Å²) in [6.07, 6.45) is 2.75. The van der Waals surface area contributed by atoms with E-state index in [1.54, 1.807) is 0 Å². The van der Waals surface area contributed by atoms with E-state index in [-0.39, 0.29) is 12.3 Å². The zero-order valence-corrected chi connectivity index (χ0v) is 15.3. The maximum Gasteiger partial charge on any atom is 0.329 e. The molecule has 0 radical (unpaired) electrons. The van der Waals surface area contributed by atoms with E-state index in [2.05, 4.69) is 26.2 Å². The summed E-state index contributed by atoms with van der Waals surface area (Å²) >= 11 is 4.91. The van der Waals surface area contributed by atoms with Gasteiger partial charge in [0.25, 0.3) is 0 Å². The Labute approximate surface area is 152 Å². The monoisotopic (exact) mass is 408 g/mol. The van der Waals surface area contributed by atoms with Crippen molar-refractivity contribution in [3.05, 3.63) is 39.8 Å². The van der Waals surface area contributed by atoms with Gasteiger partial charge in [0.15, 0.2) is 0 Å². The number of amides is 1. The fraction of sp³-hybridized carbons (Fsp3) is 0.353. The van der Waals surface area contributed by atoms with Crippen LogP contribution in [0.15, 0.2) is 34.1 Å². The minimum absolute atomic E-state index is 0.0968. The minimum atomic E-state index is -1.10. The highest BCUT2D eigenvalue weighted by Gasteiger charge is 2.42. The number of benzene rings is 1. The maximum absolute atomic E-state index is 12.3. The molecule has 1 saturated carbocycles. The van der Waals surface area contributed by atoms with Gasteiger partial charge in [0.2, 0.25) is 5.91 Å². The normalized spacial score (nSPS) is 16.0. The Morgan fingerprint density at radius 2 is 2.08 bits per heavy atom. The molecule has 5 nitrogen and oxygen atoms in total. The van der Waals surface area contributed by atoms with Crippen LogP contribution >= 0.6 is 27.3 Å². The summed E-state index contributed by atoms with van der Waals surface area (Å²) < 4.78 is 0.971. The third-order valence-electron chi connectivity index (χ3n) is 4.21. The number of nitrogens with one attached hydrogen (secondary N) is 1. The predicted octanol–water partition coefficient (Wildman–Crippen LogP) is 3.63. The number of aromatic nitrogens is 1. The molecule has 3 rings (SSSR count). The first-order valence-electron chi connectivity index (χ1n) is 7.73. The van der Waals surface area contributed by atoms with Crippen LogP contribution in [0.3, 0.4) is 0 Å². The predicted molar refractivity (Wildman–Crippen MR) is 95.9 cm³/mol. The van der Waals surface area contributed by atoms with Gasteiger partial charge in [-0.05, 0) is 25.0 Å². The van der Waals surface area contributed by atoms with Crippen LogP contribution in [0.5, 0.6) is 0 Å². The van der Waals surface area contributed by atoms with Crippen molar-refractivity contribution < 1.29 is 14.7 Å². The molecule has 0 atom stereocenters. The maximum atomic E-state index is 12.3. The van der Waals surface area contributed by atoms with Crippen molar-refractivity contribution in [1.82, 2.24) is 10.3 Å². The highest BCUT2D eigenvalue weighted by atomic mass is 79.9. The molecule has 1 aliphatic rings. The smallest absolute Gasteiger partial charge is 0.329 e. The Morgan fingerprint density at radius 1 is 1.33 bits per heavy atom. The number of carbonyl (C=O) groups is 2. The van der Waals surface area contributed by atoms with Crippen LogP contribution in [0.25, 0.3) is 10.6 Å². The second kappa shape index (κ2) is 7.03.